The molecule has 0 bridgehead atoms. The Morgan fingerprint density at radius 3 is 2.75 bits per heavy atom. The molecular formula is C13H13N3O4. The van der Waals surface area contributed by atoms with Crippen LogP contribution in [0.2, 0.25) is 0 Å². The van der Waals surface area contributed by atoms with E-state index in [2.05, 4.69) is 5.32 Å². The van der Waals surface area contributed by atoms with Gasteiger partial charge in [-0.1, -0.05) is 12.1 Å². The first-order valence-corrected chi connectivity index (χ1v) is 6.17. The van der Waals surface area contributed by atoms with Gasteiger partial charge in [0.1, 0.15) is 18.3 Å². The van der Waals surface area contributed by atoms with Crippen molar-refractivity contribution in [2.24, 2.45) is 0 Å². The van der Waals surface area contributed by atoms with Crippen molar-refractivity contribution in [3.05, 3.63) is 24.3 Å². The minimum Gasteiger partial charge on any atom is -0.495 e. The Bertz CT molecular complexity index is 601. The minimum absolute atomic E-state index is 0.0963. The topological polar surface area (TPSA) is 79.0 Å². The van der Waals surface area contributed by atoms with Gasteiger partial charge in [0.05, 0.1) is 12.8 Å². The fourth-order valence-electron chi connectivity index (χ4n) is 2.47. The number of nitrogens with zero attached hydrogens (tertiary/aromatic N) is 2. The smallest absolute Gasteiger partial charge is 0.332 e. The number of nitrogens with one attached hydrogen (secondary N) is 1. The Morgan fingerprint density at radius 1 is 1.25 bits per heavy atom. The highest BCUT2D eigenvalue weighted by Crippen LogP contribution is 2.33. The van der Waals surface area contributed by atoms with E-state index in [4.69, 9.17) is 4.74 Å². The van der Waals surface area contributed by atoms with E-state index in [1.165, 1.54) is 12.0 Å². The molecule has 1 unspecified atom stereocenters. The van der Waals surface area contributed by atoms with Crippen molar-refractivity contribution in [3.63, 3.8) is 0 Å². The predicted octanol–water partition coefficient (Wildman–Crippen LogP) is -0.0378. The highest BCUT2D eigenvalue weighted by Gasteiger charge is 2.49. The van der Waals surface area contributed by atoms with Gasteiger partial charge in [-0.15, -0.1) is 0 Å². The summed E-state index contributed by atoms with van der Waals surface area (Å²) in [5.74, 6) is -0.169. The number of benzene rings is 1. The van der Waals surface area contributed by atoms with Crippen molar-refractivity contribution >= 4 is 23.5 Å². The molecule has 0 aromatic heterocycles. The lowest BCUT2D eigenvalue weighted by molar-refractivity contribution is -0.126. The maximum atomic E-state index is 12.4. The standard InChI is InChI=1S/C13H13N3O4/c1-20-10-5-3-2-4-8(10)16-12(18)9-6-14-11(17)7-15(9)13(16)19/h2-5,9H,6-7H2,1H3,(H,14,17). The maximum absolute atomic E-state index is 12.4. The summed E-state index contributed by atoms with van der Waals surface area (Å²) in [4.78, 5) is 38.5. The van der Waals surface area contributed by atoms with E-state index in [1.54, 1.807) is 24.3 Å². The third-order valence-corrected chi connectivity index (χ3v) is 3.45. The minimum atomic E-state index is -0.634. The molecule has 2 aliphatic heterocycles. The summed E-state index contributed by atoms with van der Waals surface area (Å²) in [5.41, 5.74) is 0.395. The summed E-state index contributed by atoms with van der Waals surface area (Å²) in [6.07, 6.45) is 0. The van der Waals surface area contributed by atoms with E-state index in [-0.39, 0.29) is 24.9 Å². The van der Waals surface area contributed by atoms with Gasteiger partial charge in [0.25, 0.3) is 5.91 Å². The van der Waals surface area contributed by atoms with Crippen molar-refractivity contribution in [1.29, 1.82) is 0 Å². The summed E-state index contributed by atoms with van der Waals surface area (Å²) in [6, 6.07) is 5.67. The van der Waals surface area contributed by atoms with Crippen LogP contribution in [-0.2, 0) is 9.59 Å². The largest absolute Gasteiger partial charge is 0.495 e. The predicted molar refractivity (Wildman–Crippen MR) is 69.4 cm³/mol. The van der Waals surface area contributed by atoms with Crippen LogP contribution in [0.3, 0.4) is 0 Å². The molecule has 0 spiro atoms. The number of anilines is 1. The van der Waals surface area contributed by atoms with E-state index < -0.39 is 12.1 Å². The lowest BCUT2D eigenvalue weighted by Gasteiger charge is -2.26. The molecule has 1 aromatic rings. The van der Waals surface area contributed by atoms with Gasteiger partial charge < -0.3 is 15.0 Å². The number of amides is 4. The molecule has 0 saturated carbocycles. The molecule has 2 saturated heterocycles. The molecule has 3 rings (SSSR count). The Morgan fingerprint density at radius 2 is 2.00 bits per heavy atom. The van der Waals surface area contributed by atoms with Gasteiger partial charge in [-0.2, -0.15) is 0 Å². The van der Waals surface area contributed by atoms with E-state index >= 15 is 0 Å². The molecule has 7 heteroatoms. The SMILES string of the molecule is COc1ccccc1N1C(=O)C2CNC(=O)CN2C1=O. The van der Waals surface area contributed by atoms with Crippen molar-refractivity contribution in [1.82, 2.24) is 10.2 Å². The number of carbonyl (C=O) groups excluding carboxylic acids is 3. The average molecular weight is 275 g/mol. The molecular weight excluding hydrogens is 262 g/mol. The highest BCUT2D eigenvalue weighted by atomic mass is 16.5. The number of carbonyl (C=O) groups is 3. The molecule has 2 heterocycles. The molecule has 7 nitrogen and oxygen atoms in total. The molecule has 1 aromatic carbocycles. The van der Waals surface area contributed by atoms with E-state index in [0.717, 1.165) is 4.90 Å². The number of piperazine rings is 1. The molecule has 1 atom stereocenters. The summed E-state index contributed by atoms with van der Waals surface area (Å²) in [7, 11) is 1.47. The van der Waals surface area contributed by atoms with Crippen LogP contribution in [0.5, 0.6) is 5.75 Å². The first-order chi connectivity index (χ1) is 9.63. The van der Waals surface area contributed by atoms with Crippen LogP contribution in [0.1, 0.15) is 0 Å². The van der Waals surface area contributed by atoms with Gasteiger partial charge in [0, 0.05) is 6.54 Å². The molecule has 0 aliphatic carbocycles. The van der Waals surface area contributed by atoms with Gasteiger partial charge in [0.2, 0.25) is 5.91 Å². The van der Waals surface area contributed by atoms with E-state index in [0.29, 0.717) is 11.4 Å². The highest BCUT2D eigenvalue weighted by molar-refractivity contribution is 6.23. The molecule has 0 radical (unpaired) electrons. The van der Waals surface area contributed by atoms with Crippen LogP contribution in [0, 0.1) is 0 Å². The monoisotopic (exact) mass is 275 g/mol. The zero-order valence-corrected chi connectivity index (χ0v) is 10.8. The number of rotatable bonds is 2. The van der Waals surface area contributed by atoms with Crippen LogP contribution in [0.15, 0.2) is 24.3 Å². The van der Waals surface area contributed by atoms with Crippen molar-refractivity contribution in [3.8, 4) is 5.75 Å². The van der Waals surface area contributed by atoms with Gasteiger partial charge in [0.15, 0.2) is 0 Å². The Balaban J connectivity index is 2.00. The van der Waals surface area contributed by atoms with Gasteiger partial charge in [-0.05, 0) is 12.1 Å². The lowest BCUT2D eigenvalue weighted by atomic mass is 10.2. The molecule has 1 N–H and O–H groups in total. The van der Waals surface area contributed by atoms with Crippen molar-refractivity contribution in [2.45, 2.75) is 6.04 Å². The number of hydrogen-bond acceptors (Lipinski definition) is 4. The molecule has 2 aliphatic rings. The molecule has 20 heavy (non-hydrogen) atoms. The number of urea groups is 1. The van der Waals surface area contributed by atoms with Crippen molar-refractivity contribution in [2.75, 3.05) is 25.1 Å². The fraction of sp³-hybridized carbons (Fsp3) is 0.308. The van der Waals surface area contributed by atoms with Crippen LogP contribution in [-0.4, -0.2) is 49.0 Å². The summed E-state index contributed by atoms with van der Waals surface area (Å²) in [5, 5.41) is 2.59. The summed E-state index contributed by atoms with van der Waals surface area (Å²) in [6.45, 7) is 0.0515. The Kier molecular flexibility index (Phi) is 2.81. The summed E-state index contributed by atoms with van der Waals surface area (Å²) >= 11 is 0. The lowest BCUT2D eigenvalue weighted by Crippen LogP contribution is -2.54. The average Bonchev–Trinajstić information content (AvgIpc) is 2.70. The zero-order chi connectivity index (χ0) is 14.3. The molecule has 2 fully saturated rings. The van der Waals surface area contributed by atoms with Gasteiger partial charge in [-0.25, -0.2) is 9.69 Å². The van der Waals surface area contributed by atoms with Gasteiger partial charge in [-0.3, -0.25) is 9.59 Å². The number of hydrogen-bond donors (Lipinski definition) is 1. The Hall–Kier alpha value is -2.57. The number of fused-ring (bicyclic) bond motifs is 1. The third kappa shape index (κ3) is 1.70. The van der Waals surface area contributed by atoms with Gasteiger partial charge >= 0.3 is 6.03 Å². The zero-order valence-electron chi connectivity index (χ0n) is 10.8. The fourth-order valence-corrected chi connectivity index (χ4v) is 2.47. The van der Waals surface area contributed by atoms with Crippen LogP contribution in [0.25, 0.3) is 0 Å². The van der Waals surface area contributed by atoms with Crippen LogP contribution < -0.4 is 15.0 Å². The van der Waals surface area contributed by atoms with E-state index in [9.17, 15) is 14.4 Å². The molecule has 104 valence electrons. The summed E-state index contributed by atoms with van der Waals surface area (Å²) < 4.78 is 5.18. The first kappa shape index (κ1) is 12.5. The second kappa shape index (κ2) is 4.52. The Labute approximate surface area is 115 Å². The normalized spacial score (nSPS) is 21.9. The van der Waals surface area contributed by atoms with Crippen LogP contribution in [0.4, 0.5) is 10.5 Å². The van der Waals surface area contributed by atoms with Crippen molar-refractivity contribution < 1.29 is 19.1 Å². The van der Waals surface area contributed by atoms with Crippen LogP contribution >= 0.6 is 0 Å². The number of imide groups is 1. The maximum Gasteiger partial charge on any atom is 0.332 e. The van der Waals surface area contributed by atoms with E-state index in [1.807, 2.05) is 0 Å². The second-order valence-corrected chi connectivity index (χ2v) is 4.58. The first-order valence-electron chi connectivity index (χ1n) is 6.17. The third-order valence-electron chi connectivity index (χ3n) is 3.45. The quantitative estimate of drug-likeness (QED) is 0.768. The number of ether oxygens (including phenoxy) is 1. The molecule has 4 amide bonds. The number of para-hydroxylation sites is 2. The number of methoxy groups -OCH3 is 1. The second-order valence-electron chi connectivity index (χ2n) is 4.58.